The van der Waals surface area contributed by atoms with Crippen molar-refractivity contribution in [3.8, 4) is 0 Å². The first-order chi connectivity index (χ1) is 14.8. The van der Waals surface area contributed by atoms with Gasteiger partial charge in [0.1, 0.15) is 11.5 Å². The summed E-state index contributed by atoms with van der Waals surface area (Å²) in [7, 11) is 1.12. The second kappa shape index (κ2) is 6.97. The van der Waals surface area contributed by atoms with Crippen molar-refractivity contribution in [3.05, 3.63) is 52.3 Å². The zero-order valence-corrected chi connectivity index (χ0v) is 15.3. The van der Waals surface area contributed by atoms with Gasteiger partial charge in [0.25, 0.3) is 5.91 Å². The number of carbonyl (C=O) groups is 2. The molecule has 0 aromatic carbocycles. The van der Waals surface area contributed by atoms with Crippen LogP contribution in [0.4, 0.5) is 10.6 Å². The molecule has 2 aromatic heterocycles. The van der Waals surface area contributed by atoms with Gasteiger partial charge in [0.05, 0.1) is 43.6 Å². The Bertz CT molecular complexity index is 1070. The van der Waals surface area contributed by atoms with Gasteiger partial charge in [-0.3, -0.25) is 14.7 Å². The molecule has 1 unspecified atom stereocenters. The van der Waals surface area contributed by atoms with E-state index in [2.05, 4.69) is 15.0 Å². The number of anilines is 1. The summed E-state index contributed by atoms with van der Waals surface area (Å²) in [5.41, 5.74) is -0.124. The van der Waals surface area contributed by atoms with Crippen LogP contribution < -0.4 is 4.90 Å². The summed E-state index contributed by atoms with van der Waals surface area (Å²) in [6, 6.07) is 2.88. The van der Waals surface area contributed by atoms with E-state index in [-0.39, 0.29) is 22.1 Å². The van der Waals surface area contributed by atoms with E-state index in [1.165, 1.54) is 30.7 Å². The van der Waals surface area contributed by atoms with E-state index in [0.717, 1.165) is 11.9 Å². The number of carbonyl (C=O) groups excluding carboxylic acids is 2. The average molecular weight is 409 g/mol. The van der Waals surface area contributed by atoms with Gasteiger partial charge in [0.2, 0.25) is 6.23 Å². The highest BCUT2D eigenvalue weighted by molar-refractivity contribution is 6.30. The van der Waals surface area contributed by atoms with Crippen LogP contribution in [0.15, 0.2) is 30.7 Å². The number of aromatic nitrogens is 3. The van der Waals surface area contributed by atoms with Crippen LogP contribution in [0.5, 0.6) is 0 Å². The predicted molar refractivity (Wildman–Crippen MR) is 98.2 cm³/mol. The summed E-state index contributed by atoms with van der Waals surface area (Å²) in [5, 5.41) is 12.6. The van der Waals surface area contributed by atoms with Crippen LogP contribution in [0.2, 0.25) is 5.02 Å². The van der Waals surface area contributed by atoms with E-state index in [1.807, 2.05) is 0 Å². The fourth-order valence-corrected chi connectivity index (χ4v) is 2.82. The number of hydrogen-bond acceptors (Lipinski definition) is 7. The summed E-state index contributed by atoms with van der Waals surface area (Å²) in [6.45, 7) is -6.73. The van der Waals surface area contributed by atoms with Crippen molar-refractivity contribution >= 4 is 29.4 Å². The third kappa shape index (κ3) is 3.37. The molecule has 28 heavy (non-hydrogen) atoms. The molecular formula is C17H17ClN6O4. The highest BCUT2D eigenvalue weighted by Gasteiger charge is 2.44. The van der Waals surface area contributed by atoms with Gasteiger partial charge < -0.3 is 14.6 Å². The number of hydroxylamine groups is 3. The molecule has 0 bridgehead atoms. The van der Waals surface area contributed by atoms with Gasteiger partial charge in [0, 0.05) is 18.6 Å². The van der Waals surface area contributed by atoms with Crippen LogP contribution in [0, 0.1) is 5.21 Å². The van der Waals surface area contributed by atoms with Gasteiger partial charge in [-0.15, -0.1) is 0 Å². The number of quaternary nitrogens is 1. The number of ether oxygens (including phenoxy) is 1. The van der Waals surface area contributed by atoms with Crippen LogP contribution >= 0.6 is 11.6 Å². The van der Waals surface area contributed by atoms with Gasteiger partial charge >= 0.3 is 6.09 Å². The Balaban J connectivity index is 1.71. The molecule has 11 heteroatoms. The minimum Gasteiger partial charge on any atom is -0.633 e. The highest BCUT2D eigenvalue weighted by Crippen LogP contribution is 2.35. The standard InChI is InChI=1S/C17H17ClN6O4/c1-24(27)8-6-22(7-9-24)17(26)28-16-14-13(19-4-5-20-14)15(25)23(16)12-3-2-11(18)10-21-12/h2-5,10,16H,6-9H2,1H3/i6D2,7D2. The highest BCUT2D eigenvalue weighted by atomic mass is 35.5. The van der Waals surface area contributed by atoms with Crippen LogP contribution in [-0.4, -0.2) is 69.6 Å². The Labute approximate surface area is 171 Å². The molecule has 4 heterocycles. The quantitative estimate of drug-likeness (QED) is 0.547. The maximum absolute atomic E-state index is 13.0. The van der Waals surface area contributed by atoms with Gasteiger partial charge in [-0.2, -0.15) is 0 Å². The van der Waals surface area contributed by atoms with Crippen molar-refractivity contribution in [2.75, 3.05) is 38.0 Å². The first-order valence-corrected chi connectivity index (χ1v) is 8.53. The number of pyridine rings is 1. The van der Waals surface area contributed by atoms with E-state index in [0.29, 0.717) is 5.02 Å². The normalized spacial score (nSPS) is 26.5. The lowest BCUT2D eigenvalue weighted by Crippen LogP contribution is -2.55. The van der Waals surface area contributed by atoms with Crippen molar-refractivity contribution in [2.24, 2.45) is 0 Å². The van der Waals surface area contributed by atoms with Crippen LogP contribution in [0.25, 0.3) is 0 Å². The van der Waals surface area contributed by atoms with Gasteiger partial charge in [0.15, 0.2) is 5.69 Å². The van der Waals surface area contributed by atoms with E-state index in [1.54, 1.807) is 0 Å². The molecule has 2 aliphatic rings. The molecule has 0 radical (unpaired) electrons. The SMILES string of the molecule is [2H]C1([2H])C[N+](C)([O-])CC([2H])([2H])N1C(=O)OC1c2nccnc2C(=O)N1c1ccc(Cl)cn1. The van der Waals surface area contributed by atoms with Crippen molar-refractivity contribution in [1.29, 1.82) is 0 Å². The van der Waals surface area contributed by atoms with Crippen molar-refractivity contribution in [1.82, 2.24) is 19.9 Å². The van der Waals surface area contributed by atoms with Gasteiger partial charge in [-0.05, 0) is 12.1 Å². The molecule has 2 aromatic rings. The molecule has 10 nitrogen and oxygen atoms in total. The molecule has 0 saturated carbocycles. The Morgan fingerprint density at radius 3 is 2.71 bits per heavy atom. The molecule has 1 atom stereocenters. The molecule has 0 spiro atoms. The van der Waals surface area contributed by atoms with E-state index in [9.17, 15) is 14.8 Å². The summed E-state index contributed by atoms with van der Waals surface area (Å²) >= 11 is 5.86. The summed E-state index contributed by atoms with van der Waals surface area (Å²) in [6.07, 6.45) is 0.945. The van der Waals surface area contributed by atoms with Crippen molar-refractivity contribution < 1.29 is 24.5 Å². The second-order valence-corrected chi connectivity index (χ2v) is 6.74. The molecule has 2 aliphatic heterocycles. The Hall–Kier alpha value is -2.82. The second-order valence-electron chi connectivity index (χ2n) is 6.30. The van der Waals surface area contributed by atoms with Crippen LogP contribution in [0.1, 0.15) is 27.9 Å². The number of hydrogen-bond donors (Lipinski definition) is 0. The lowest BCUT2D eigenvalue weighted by Gasteiger charge is -2.44. The monoisotopic (exact) mass is 408 g/mol. The number of halogens is 1. The molecule has 0 aliphatic carbocycles. The van der Waals surface area contributed by atoms with Crippen molar-refractivity contribution in [2.45, 2.75) is 6.23 Å². The first kappa shape index (κ1) is 14.2. The van der Waals surface area contributed by atoms with E-state index >= 15 is 0 Å². The van der Waals surface area contributed by atoms with Gasteiger partial charge in [-0.25, -0.2) is 19.7 Å². The number of amides is 2. The molecule has 2 amide bonds. The molecule has 4 rings (SSSR count). The predicted octanol–water partition coefficient (Wildman–Crippen LogP) is 1.58. The zero-order valence-electron chi connectivity index (χ0n) is 18.6. The first-order valence-electron chi connectivity index (χ1n) is 10.1. The maximum Gasteiger partial charge on any atom is 0.412 e. The number of fused-ring (bicyclic) bond motifs is 1. The Morgan fingerprint density at radius 2 is 2.04 bits per heavy atom. The van der Waals surface area contributed by atoms with Crippen molar-refractivity contribution in [3.63, 3.8) is 0 Å². The third-order valence-electron chi connectivity index (χ3n) is 4.10. The summed E-state index contributed by atoms with van der Waals surface area (Å²) in [4.78, 5) is 39.3. The third-order valence-corrected chi connectivity index (χ3v) is 4.32. The lowest BCUT2D eigenvalue weighted by molar-refractivity contribution is -0.864. The smallest absolute Gasteiger partial charge is 0.412 e. The molecular weight excluding hydrogens is 388 g/mol. The molecule has 1 fully saturated rings. The molecule has 146 valence electrons. The Morgan fingerprint density at radius 1 is 1.32 bits per heavy atom. The minimum absolute atomic E-state index is 0.0230. The van der Waals surface area contributed by atoms with Crippen LogP contribution in [0.3, 0.4) is 0 Å². The fraction of sp³-hybridized carbons (Fsp3) is 0.353. The average Bonchev–Trinajstić information content (AvgIpc) is 2.91. The lowest BCUT2D eigenvalue weighted by atomic mass is 10.3. The zero-order chi connectivity index (χ0) is 23.5. The summed E-state index contributed by atoms with van der Waals surface area (Å²) in [5.74, 6) is -0.611. The molecule has 0 N–H and O–H groups in total. The van der Waals surface area contributed by atoms with E-state index in [4.69, 9.17) is 21.8 Å². The maximum atomic E-state index is 13.0. The topological polar surface area (TPSA) is 112 Å². The van der Waals surface area contributed by atoms with Gasteiger partial charge in [-0.1, -0.05) is 11.6 Å². The molecule has 1 saturated heterocycles. The van der Waals surface area contributed by atoms with Crippen LogP contribution in [-0.2, 0) is 4.74 Å². The van der Waals surface area contributed by atoms with E-state index < -0.39 is 49.0 Å². The Kier molecular flexibility index (Phi) is 3.54. The summed E-state index contributed by atoms with van der Waals surface area (Å²) < 4.78 is 36.7. The largest absolute Gasteiger partial charge is 0.633 e. The number of nitrogens with zero attached hydrogens (tertiary/aromatic N) is 6. The number of piperazine rings is 1. The fourth-order valence-electron chi connectivity index (χ4n) is 2.71. The minimum atomic E-state index is -2.66. The number of likely N-dealkylation sites (N-methyl/N-ethyl adjacent to an activating group) is 1. The number of rotatable bonds is 2.